The molecule has 0 bridgehead atoms. The Hall–Kier alpha value is -1.62. The second kappa shape index (κ2) is 8.48. The van der Waals surface area contributed by atoms with E-state index in [1.807, 2.05) is 6.92 Å². The van der Waals surface area contributed by atoms with E-state index in [2.05, 4.69) is 28.8 Å². The summed E-state index contributed by atoms with van der Waals surface area (Å²) in [6, 6.07) is 0. The Morgan fingerprint density at radius 1 is 1.53 bits per heavy atom. The van der Waals surface area contributed by atoms with Crippen LogP contribution in [-0.2, 0) is 4.74 Å². The standard InChI is InChI=1S/C14H23N3O2/c1-5-7-8-15-14-12(19-10-11(3)18-4)9-16-13(6-2)17-14/h6,9,11H,2,5,7-8,10H2,1,3-4H3,(H,15,16,17)/t11-/m0/s1. The maximum absolute atomic E-state index is 5.67. The number of anilines is 1. The highest BCUT2D eigenvalue weighted by Crippen LogP contribution is 2.21. The summed E-state index contributed by atoms with van der Waals surface area (Å²) in [5.74, 6) is 1.94. The van der Waals surface area contributed by atoms with Gasteiger partial charge in [-0.1, -0.05) is 19.9 Å². The first kappa shape index (κ1) is 15.4. The lowest BCUT2D eigenvalue weighted by atomic mass is 10.3. The Balaban J connectivity index is 2.73. The summed E-state index contributed by atoms with van der Waals surface area (Å²) < 4.78 is 10.8. The van der Waals surface area contributed by atoms with Crippen molar-refractivity contribution < 1.29 is 9.47 Å². The molecular formula is C14H23N3O2. The molecule has 1 N–H and O–H groups in total. The molecule has 106 valence electrons. The van der Waals surface area contributed by atoms with Gasteiger partial charge in [-0.3, -0.25) is 0 Å². The van der Waals surface area contributed by atoms with E-state index in [0.717, 1.165) is 19.4 Å². The van der Waals surface area contributed by atoms with Gasteiger partial charge in [-0.15, -0.1) is 0 Å². The van der Waals surface area contributed by atoms with Crippen molar-refractivity contribution in [1.29, 1.82) is 0 Å². The molecule has 1 rings (SSSR count). The lowest BCUT2D eigenvalue weighted by Crippen LogP contribution is -2.17. The summed E-state index contributed by atoms with van der Waals surface area (Å²) in [5, 5.41) is 3.27. The average Bonchev–Trinajstić information content (AvgIpc) is 2.45. The SMILES string of the molecule is C=Cc1ncc(OC[C@H](C)OC)c(NCCCC)n1. The highest BCUT2D eigenvalue weighted by molar-refractivity contribution is 5.52. The molecule has 1 aromatic heterocycles. The monoisotopic (exact) mass is 265 g/mol. The van der Waals surface area contributed by atoms with Crippen molar-refractivity contribution in [3.63, 3.8) is 0 Å². The van der Waals surface area contributed by atoms with Crippen LogP contribution < -0.4 is 10.1 Å². The number of nitrogens with one attached hydrogen (secondary N) is 1. The van der Waals surface area contributed by atoms with Gasteiger partial charge in [-0.2, -0.15) is 0 Å². The molecular weight excluding hydrogens is 242 g/mol. The minimum Gasteiger partial charge on any atom is -0.485 e. The molecule has 0 aliphatic heterocycles. The number of aromatic nitrogens is 2. The zero-order valence-electron chi connectivity index (χ0n) is 12.0. The molecule has 0 amide bonds. The smallest absolute Gasteiger partial charge is 0.180 e. The van der Waals surface area contributed by atoms with E-state index in [1.165, 1.54) is 0 Å². The third kappa shape index (κ3) is 5.26. The number of methoxy groups -OCH3 is 1. The lowest BCUT2D eigenvalue weighted by molar-refractivity contribution is 0.0716. The number of ether oxygens (including phenoxy) is 2. The molecule has 0 radical (unpaired) electrons. The van der Waals surface area contributed by atoms with Crippen molar-refractivity contribution in [2.45, 2.75) is 32.8 Å². The highest BCUT2D eigenvalue weighted by Gasteiger charge is 2.09. The molecule has 5 heteroatoms. The number of hydrogen-bond acceptors (Lipinski definition) is 5. The molecule has 19 heavy (non-hydrogen) atoms. The van der Waals surface area contributed by atoms with Crippen LogP contribution in [0.1, 0.15) is 32.5 Å². The average molecular weight is 265 g/mol. The van der Waals surface area contributed by atoms with Crippen molar-refractivity contribution >= 4 is 11.9 Å². The van der Waals surface area contributed by atoms with Gasteiger partial charge >= 0.3 is 0 Å². The molecule has 0 unspecified atom stereocenters. The fraction of sp³-hybridized carbons (Fsp3) is 0.571. The van der Waals surface area contributed by atoms with Crippen molar-refractivity contribution in [3.05, 3.63) is 18.6 Å². The first-order valence-electron chi connectivity index (χ1n) is 6.60. The summed E-state index contributed by atoms with van der Waals surface area (Å²) >= 11 is 0. The molecule has 0 aliphatic carbocycles. The molecule has 0 saturated heterocycles. The van der Waals surface area contributed by atoms with Crippen LogP contribution in [0.25, 0.3) is 6.08 Å². The number of hydrogen-bond donors (Lipinski definition) is 1. The fourth-order valence-electron chi connectivity index (χ4n) is 1.37. The van der Waals surface area contributed by atoms with Crippen molar-refractivity contribution in [1.82, 2.24) is 9.97 Å². The summed E-state index contributed by atoms with van der Waals surface area (Å²) in [4.78, 5) is 8.52. The van der Waals surface area contributed by atoms with E-state index in [9.17, 15) is 0 Å². The fourth-order valence-corrected chi connectivity index (χ4v) is 1.37. The molecule has 0 saturated carbocycles. The number of rotatable bonds is 9. The van der Waals surface area contributed by atoms with Crippen LogP contribution in [0, 0.1) is 0 Å². The van der Waals surface area contributed by atoms with Crippen molar-refractivity contribution in [2.75, 3.05) is 25.6 Å². The molecule has 0 aromatic carbocycles. The highest BCUT2D eigenvalue weighted by atomic mass is 16.5. The van der Waals surface area contributed by atoms with Crippen LogP contribution in [0.3, 0.4) is 0 Å². The molecule has 5 nitrogen and oxygen atoms in total. The van der Waals surface area contributed by atoms with Gasteiger partial charge in [0.15, 0.2) is 17.4 Å². The Kier molecular flexibility index (Phi) is 6.89. The topological polar surface area (TPSA) is 56.3 Å². The zero-order chi connectivity index (χ0) is 14.1. The van der Waals surface area contributed by atoms with Gasteiger partial charge in [0.1, 0.15) is 6.61 Å². The maximum Gasteiger partial charge on any atom is 0.180 e. The third-order valence-corrected chi connectivity index (χ3v) is 2.66. The van der Waals surface area contributed by atoms with E-state index in [-0.39, 0.29) is 6.10 Å². The molecule has 0 spiro atoms. The van der Waals surface area contributed by atoms with E-state index in [1.54, 1.807) is 19.4 Å². The summed E-state index contributed by atoms with van der Waals surface area (Å²) in [6.45, 7) is 9.10. The maximum atomic E-state index is 5.67. The Bertz CT molecular complexity index is 396. The molecule has 1 atom stereocenters. The Morgan fingerprint density at radius 3 is 2.95 bits per heavy atom. The van der Waals surface area contributed by atoms with E-state index >= 15 is 0 Å². The van der Waals surface area contributed by atoms with Crippen molar-refractivity contribution in [2.24, 2.45) is 0 Å². The van der Waals surface area contributed by atoms with Crippen LogP contribution in [0.4, 0.5) is 5.82 Å². The van der Waals surface area contributed by atoms with Gasteiger partial charge < -0.3 is 14.8 Å². The number of unbranched alkanes of at least 4 members (excludes halogenated alkanes) is 1. The quantitative estimate of drug-likeness (QED) is 0.696. The second-order valence-electron chi connectivity index (χ2n) is 4.28. The molecule has 0 aliphatic rings. The third-order valence-electron chi connectivity index (χ3n) is 2.66. The van der Waals surface area contributed by atoms with Crippen LogP contribution in [0.5, 0.6) is 5.75 Å². The first-order chi connectivity index (χ1) is 9.21. The van der Waals surface area contributed by atoms with E-state index in [0.29, 0.717) is 24.0 Å². The van der Waals surface area contributed by atoms with Crippen LogP contribution >= 0.6 is 0 Å². The van der Waals surface area contributed by atoms with Crippen molar-refractivity contribution in [3.8, 4) is 5.75 Å². The molecule has 0 fully saturated rings. The normalized spacial score (nSPS) is 11.9. The van der Waals surface area contributed by atoms with Gasteiger partial charge in [0, 0.05) is 13.7 Å². The molecule has 1 aromatic rings. The van der Waals surface area contributed by atoms with E-state index < -0.39 is 0 Å². The van der Waals surface area contributed by atoms with Gasteiger partial charge in [0.2, 0.25) is 0 Å². The molecule has 1 heterocycles. The van der Waals surface area contributed by atoms with Gasteiger partial charge in [0.05, 0.1) is 12.3 Å². The minimum atomic E-state index is 0.0302. The minimum absolute atomic E-state index is 0.0302. The summed E-state index contributed by atoms with van der Waals surface area (Å²) in [7, 11) is 1.66. The Labute approximate surface area is 115 Å². The predicted octanol–water partition coefficient (Wildman–Crippen LogP) is 2.75. The lowest BCUT2D eigenvalue weighted by Gasteiger charge is -2.14. The van der Waals surface area contributed by atoms with Crippen LogP contribution in [0.2, 0.25) is 0 Å². The first-order valence-corrected chi connectivity index (χ1v) is 6.60. The largest absolute Gasteiger partial charge is 0.485 e. The number of nitrogens with zero attached hydrogens (tertiary/aromatic N) is 2. The summed E-state index contributed by atoms with van der Waals surface area (Å²) in [5.41, 5.74) is 0. The van der Waals surface area contributed by atoms with Crippen LogP contribution in [-0.4, -0.2) is 36.3 Å². The van der Waals surface area contributed by atoms with Gasteiger partial charge in [0.25, 0.3) is 0 Å². The van der Waals surface area contributed by atoms with Gasteiger partial charge in [-0.05, 0) is 19.4 Å². The Morgan fingerprint density at radius 2 is 2.32 bits per heavy atom. The summed E-state index contributed by atoms with van der Waals surface area (Å²) in [6.07, 6.45) is 5.53. The van der Waals surface area contributed by atoms with E-state index in [4.69, 9.17) is 9.47 Å². The van der Waals surface area contributed by atoms with Crippen LogP contribution in [0.15, 0.2) is 12.8 Å². The zero-order valence-corrected chi connectivity index (χ0v) is 12.0. The van der Waals surface area contributed by atoms with Gasteiger partial charge in [-0.25, -0.2) is 9.97 Å². The predicted molar refractivity (Wildman–Crippen MR) is 77.5 cm³/mol. The second-order valence-corrected chi connectivity index (χ2v) is 4.28.